The zero-order chi connectivity index (χ0) is 32.8. The summed E-state index contributed by atoms with van der Waals surface area (Å²) in [6, 6.07) is 35.6. The van der Waals surface area contributed by atoms with Crippen LogP contribution in [0.5, 0.6) is 5.75 Å². The first-order chi connectivity index (χ1) is 23.0. The van der Waals surface area contributed by atoms with Crippen molar-refractivity contribution in [3.8, 4) is 5.75 Å². The minimum absolute atomic E-state index is 0.160. The Hall–Kier alpha value is -5.11. The topological polar surface area (TPSA) is 111 Å². The molecule has 8 nitrogen and oxygen atoms in total. The number of benzene rings is 4. The first-order valence-electron chi connectivity index (χ1n) is 16.3. The Morgan fingerprint density at radius 1 is 0.787 bits per heavy atom. The van der Waals surface area contributed by atoms with Crippen LogP contribution in [0.2, 0.25) is 0 Å². The fraction of sp³-hybridized carbons (Fsp3) is 0.308. The van der Waals surface area contributed by atoms with E-state index in [0.717, 1.165) is 34.6 Å². The van der Waals surface area contributed by atoms with Crippen LogP contribution >= 0.6 is 0 Å². The lowest BCUT2D eigenvalue weighted by atomic mass is 9.89. The van der Waals surface area contributed by atoms with Gasteiger partial charge in [-0.3, -0.25) is 9.59 Å². The minimum atomic E-state index is -0.874. The number of carbonyl (C=O) groups is 3. The summed E-state index contributed by atoms with van der Waals surface area (Å²) in [5, 5.41) is 2.75. The SMILES string of the molecule is NC(=O)[C@@H](CCCNC(=O)OCc1ccccc1)N(CCc1ccc(OCC2CC2)cc1)C(=O)C(c1ccccc1)c1ccccc1. The van der Waals surface area contributed by atoms with Crippen LogP contribution in [0.4, 0.5) is 4.79 Å². The molecule has 1 aliphatic rings. The third kappa shape index (κ3) is 10.2. The molecule has 47 heavy (non-hydrogen) atoms. The van der Waals surface area contributed by atoms with E-state index >= 15 is 0 Å². The number of primary amides is 1. The lowest BCUT2D eigenvalue weighted by Crippen LogP contribution is -2.50. The van der Waals surface area contributed by atoms with E-state index in [1.165, 1.54) is 12.8 Å². The van der Waals surface area contributed by atoms with Gasteiger partial charge in [0, 0.05) is 13.1 Å². The first kappa shape index (κ1) is 33.3. The largest absolute Gasteiger partial charge is 0.493 e. The summed E-state index contributed by atoms with van der Waals surface area (Å²) in [6.45, 7) is 1.45. The second kappa shape index (κ2) is 17.0. The summed E-state index contributed by atoms with van der Waals surface area (Å²) in [6.07, 6.45) is 3.14. The van der Waals surface area contributed by atoms with Crippen molar-refractivity contribution in [1.29, 1.82) is 0 Å². The van der Waals surface area contributed by atoms with Gasteiger partial charge < -0.3 is 25.4 Å². The van der Waals surface area contributed by atoms with Crippen LogP contribution in [-0.2, 0) is 27.4 Å². The van der Waals surface area contributed by atoms with Crippen LogP contribution in [0.25, 0.3) is 0 Å². The zero-order valence-corrected chi connectivity index (χ0v) is 26.6. The fourth-order valence-electron chi connectivity index (χ4n) is 5.57. The lowest BCUT2D eigenvalue weighted by molar-refractivity contribution is -0.140. The molecule has 1 atom stereocenters. The van der Waals surface area contributed by atoms with Crippen molar-refractivity contribution < 1.29 is 23.9 Å². The maximum atomic E-state index is 14.6. The molecule has 244 valence electrons. The van der Waals surface area contributed by atoms with Crippen LogP contribution in [-0.4, -0.2) is 48.5 Å². The number of nitrogens with two attached hydrogens (primary N) is 1. The highest BCUT2D eigenvalue weighted by Crippen LogP contribution is 2.30. The molecule has 0 aromatic heterocycles. The molecule has 5 rings (SSSR count). The number of rotatable bonds is 17. The third-order valence-electron chi connectivity index (χ3n) is 8.38. The summed E-state index contributed by atoms with van der Waals surface area (Å²) in [5.74, 6) is 0.0759. The Morgan fingerprint density at radius 2 is 1.38 bits per heavy atom. The fourth-order valence-corrected chi connectivity index (χ4v) is 5.57. The Bertz CT molecular complexity index is 1520. The first-order valence-corrected chi connectivity index (χ1v) is 16.3. The molecule has 0 bridgehead atoms. The van der Waals surface area contributed by atoms with Gasteiger partial charge in [-0.15, -0.1) is 0 Å². The van der Waals surface area contributed by atoms with Crippen LogP contribution in [0, 0.1) is 5.92 Å². The van der Waals surface area contributed by atoms with E-state index in [1.807, 2.05) is 115 Å². The van der Waals surface area contributed by atoms with Crippen LogP contribution in [0.15, 0.2) is 115 Å². The molecule has 0 spiro atoms. The number of hydrogen-bond donors (Lipinski definition) is 2. The van der Waals surface area contributed by atoms with Crippen molar-refractivity contribution in [3.05, 3.63) is 138 Å². The van der Waals surface area contributed by atoms with Gasteiger partial charge in [-0.25, -0.2) is 4.79 Å². The van der Waals surface area contributed by atoms with Crippen LogP contribution in [0.1, 0.15) is 53.9 Å². The highest BCUT2D eigenvalue weighted by Gasteiger charge is 2.34. The molecule has 1 fully saturated rings. The molecule has 0 unspecified atom stereocenters. The van der Waals surface area contributed by atoms with Crippen LogP contribution < -0.4 is 15.8 Å². The Morgan fingerprint density at radius 3 is 1.96 bits per heavy atom. The minimum Gasteiger partial charge on any atom is -0.493 e. The third-order valence-corrected chi connectivity index (χ3v) is 8.38. The quantitative estimate of drug-likeness (QED) is 0.134. The van der Waals surface area contributed by atoms with E-state index < -0.39 is 24.0 Å². The van der Waals surface area contributed by atoms with E-state index in [9.17, 15) is 14.4 Å². The Kier molecular flexibility index (Phi) is 12.0. The predicted molar refractivity (Wildman–Crippen MR) is 182 cm³/mol. The molecule has 3 N–H and O–H groups in total. The Balaban J connectivity index is 1.29. The molecule has 0 heterocycles. The molecule has 0 saturated heterocycles. The molecule has 1 saturated carbocycles. The number of carbonyl (C=O) groups excluding carboxylic acids is 3. The average molecular weight is 634 g/mol. The molecule has 4 aromatic carbocycles. The normalized spacial score (nSPS) is 13.0. The van der Waals surface area contributed by atoms with Gasteiger partial charge >= 0.3 is 6.09 Å². The molecular formula is C39H43N3O5. The molecule has 8 heteroatoms. The second-order valence-electron chi connectivity index (χ2n) is 12.0. The smallest absolute Gasteiger partial charge is 0.407 e. The van der Waals surface area contributed by atoms with Gasteiger partial charge in [-0.2, -0.15) is 0 Å². The van der Waals surface area contributed by atoms with Crippen LogP contribution in [0.3, 0.4) is 0 Å². The molecule has 4 aromatic rings. The summed E-state index contributed by atoms with van der Waals surface area (Å²) < 4.78 is 11.2. The second-order valence-corrected chi connectivity index (χ2v) is 12.0. The monoisotopic (exact) mass is 633 g/mol. The van der Waals surface area contributed by atoms with Crippen molar-refractivity contribution in [2.45, 2.75) is 50.7 Å². The van der Waals surface area contributed by atoms with E-state index in [4.69, 9.17) is 15.2 Å². The van der Waals surface area contributed by atoms with Gasteiger partial charge in [-0.05, 0) is 72.4 Å². The lowest BCUT2D eigenvalue weighted by Gasteiger charge is -2.33. The summed E-state index contributed by atoms with van der Waals surface area (Å²) in [4.78, 5) is 41.5. The van der Waals surface area contributed by atoms with E-state index in [1.54, 1.807) is 4.90 Å². The van der Waals surface area contributed by atoms with E-state index in [2.05, 4.69) is 5.32 Å². The van der Waals surface area contributed by atoms with Gasteiger partial charge in [0.1, 0.15) is 18.4 Å². The highest BCUT2D eigenvalue weighted by molar-refractivity contribution is 5.92. The average Bonchev–Trinajstić information content (AvgIpc) is 3.94. The van der Waals surface area contributed by atoms with Crippen molar-refractivity contribution in [1.82, 2.24) is 10.2 Å². The molecule has 0 aliphatic heterocycles. The summed E-state index contributed by atoms with van der Waals surface area (Å²) in [5.41, 5.74) is 9.56. The van der Waals surface area contributed by atoms with E-state index in [0.29, 0.717) is 18.8 Å². The van der Waals surface area contributed by atoms with Gasteiger partial charge in [0.25, 0.3) is 0 Å². The maximum absolute atomic E-state index is 14.6. The number of hydrogen-bond acceptors (Lipinski definition) is 5. The molecular weight excluding hydrogens is 590 g/mol. The van der Waals surface area contributed by atoms with Gasteiger partial charge in [-0.1, -0.05) is 103 Å². The predicted octanol–water partition coefficient (Wildman–Crippen LogP) is 6.24. The number of ether oxygens (including phenoxy) is 2. The zero-order valence-electron chi connectivity index (χ0n) is 26.6. The van der Waals surface area contributed by atoms with Gasteiger partial charge in [0.2, 0.25) is 11.8 Å². The van der Waals surface area contributed by atoms with Crippen molar-refractivity contribution in [2.75, 3.05) is 19.7 Å². The van der Waals surface area contributed by atoms with E-state index in [-0.39, 0.29) is 32.0 Å². The van der Waals surface area contributed by atoms with Crippen molar-refractivity contribution >= 4 is 17.9 Å². The number of alkyl carbamates (subject to hydrolysis) is 1. The summed E-state index contributed by atoms with van der Waals surface area (Å²) in [7, 11) is 0. The standard InChI is InChI=1S/C39H43N3O5/c40-37(43)35(17-10-25-41-39(45)47-28-30-11-4-1-5-12-30)42(26-24-29-20-22-34(23-21-29)46-27-31-18-19-31)38(44)36(32-13-6-2-7-14-32)33-15-8-3-9-16-33/h1-9,11-16,20-23,31,35-36H,10,17-19,24-28H2,(H2,40,43)(H,41,45)/t35-/m1/s1. The number of amides is 3. The van der Waals surface area contributed by atoms with Crippen molar-refractivity contribution in [3.63, 3.8) is 0 Å². The number of nitrogens with zero attached hydrogens (tertiary/aromatic N) is 1. The van der Waals surface area contributed by atoms with Gasteiger partial charge in [0.15, 0.2) is 0 Å². The number of nitrogens with one attached hydrogen (secondary N) is 1. The molecule has 1 aliphatic carbocycles. The highest BCUT2D eigenvalue weighted by atomic mass is 16.5. The Labute approximate surface area is 276 Å². The maximum Gasteiger partial charge on any atom is 0.407 e. The molecule has 0 radical (unpaired) electrons. The summed E-state index contributed by atoms with van der Waals surface area (Å²) >= 11 is 0. The van der Waals surface area contributed by atoms with Crippen molar-refractivity contribution in [2.24, 2.45) is 11.7 Å². The molecule has 3 amide bonds. The van der Waals surface area contributed by atoms with Gasteiger partial charge in [0.05, 0.1) is 12.5 Å².